The molecule has 1 unspecified atom stereocenters. The third-order valence-electron chi connectivity index (χ3n) is 2.80. The van der Waals surface area contributed by atoms with Gasteiger partial charge in [-0.05, 0) is 46.5 Å². The quantitative estimate of drug-likeness (QED) is 0.755. The van der Waals surface area contributed by atoms with Crippen LogP contribution in [0.4, 0.5) is 5.69 Å². The molecule has 0 heterocycles. The van der Waals surface area contributed by atoms with Crippen molar-refractivity contribution in [2.75, 3.05) is 11.9 Å². The van der Waals surface area contributed by atoms with Crippen LogP contribution in [-0.4, -0.2) is 28.8 Å². The van der Waals surface area contributed by atoms with Crippen LogP contribution in [-0.2, 0) is 0 Å². The number of benzene rings is 1. The highest BCUT2D eigenvalue weighted by Gasteiger charge is 2.14. The van der Waals surface area contributed by atoms with Crippen LogP contribution < -0.4 is 5.32 Å². The zero-order valence-corrected chi connectivity index (χ0v) is 12.1. The highest BCUT2D eigenvalue weighted by atomic mass is 79.9. The summed E-state index contributed by atoms with van der Waals surface area (Å²) in [5, 5.41) is 21.2. The Bertz CT molecular complexity index is 421. The molecule has 4 nitrogen and oxygen atoms in total. The molecule has 0 radical (unpaired) electrons. The van der Waals surface area contributed by atoms with Gasteiger partial charge in [0.15, 0.2) is 0 Å². The zero-order valence-electron chi connectivity index (χ0n) is 10.5. The number of aliphatic hydroxyl groups is 1. The average Bonchev–Trinajstić information content (AvgIpc) is 2.30. The van der Waals surface area contributed by atoms with Crippen molar-refractivity contribution in [1.82, 2.24) is 0 Å². The molecule has 5 heteroatoms. The minimum atomic E-state index is -0.946. The van der Waals surface area contributed by atoms with Crippen LogP contribution in [0.25, 0.3) is 0 Å². The summed E-state index contributed by atoms with van der Waals surface area (Å²) in [5.74, 6) is -0.568. The summed E-state index contributed by atoms with van der Waals surface area (Å²) in [6.07, 6.45) is 0.658. The summed E-state index contributed by atoms with van der Waals surface area (Å²) in [4.78, 5) is 10.8. The lowest BCUT2D eigenvalue weighted by Gasteiger charge is -2.23. The maximum absolute atomic E-state index is 10.8. The maximum atomic E-state index is 10.8. The molecule has 1 atom stereocenters. The minimum Gasteiger partial charge on any atom is -0.478 e. The summed E-state index contributed by atoms with van der Waals surface area (Å²) in [6, 6.07) is 5.02. The van der Waals surface area contributed by atoms with Gasteiger partial charge in [0.2, 0.25) is 0 Å². The van der Waals surface area contributed by atoms with Crippen molar-refractivity contribution < 1.29 is 15.0 Å². The summed E-state index contributed by atoms with van der Waals surface area (Å²) < 4.78 is 0.714. The van der Waals surface area contributed by atoms with E-state index in [2.05, 4.69) is 35.1 Å². The highest BCUT2D eigenvalue weighted by molar-refractivity contribution is 9.10. The molecule has 0 saturated heterocycles. The van der Waals surface area contributed by atoms with E-state index in [9.17, 15) is 4.79 Å². The van der Waals surface area contributed by atoms with E-state index in [-0.39, 0.29) is 18.2 Å². The topological polar surface area (TPSA) is 69.6 Å². The SMILES string of the molecule is CC(C)C(CCO)Nc1ccc(C(=O)O)cc1Br. The number of aliphatic hydroxyl groups excluding tert-OH is 1. The molecule has 0 aliphatic rings. The van der Waals surface area contributed by atoms with Gasteiger partial charge in [-0.1, -0.05) is 13.8 Å². The van der Waals surface area contributed by atoms with E-state index in [0.29, 0.717) is 16.8 Å². The van der Waals surface area contributed by atoms with Crippen LogP contribution in [0.5, 0.6) is 0 Å². The number of carbonyl (C=O) groups is 1. The Morgan fingerprint density at radius 2 is 2.11 bits per heavy atom. The van der Waals surface area contributed by atoms with E-state index in [4.69, 9.17) is 10.2 Å². The zero-order chi connectivity index (χ0) is 13.7. The number of hydrogen-bond acceptors (Lipinski definition) is 3. The molecule has 0 spiro atoms. The van der Waals surface area contributed by atoms with Gasteiger partial charge in [0.1, 0.15) is 0 Å². The van der Waals surface area contributed by atoms with Crippen molar-refractivity contribution in [2.24, 2.45) is 5.92 Å². The standard InChI is InChI=1S/C13H18BrNO3/c1-8(2)11(5-6-16)15-12-4-3-9(13(17)18)7-10(12)14/h3-4,7-8,11,15-16H,5-6H2,1-2H3,(H,17,18). The molecule has 1 aromatic rings. The third kappa shape index (κ3) is 3.99. The second-order valence-corrected chi connectivity index (χ2v) is 5.36. The number of carboxylic acid groups (broad SMARTS) is 1. The first-order valence-corrected chi connectivity index (χ1v) is 6.65. The number of hydrogen-bond donors (Lipinski definition) is 3. The normalized spacial score (nSPS) is 12.5. The van der Waals surface area contributed by atoms with Crippen molar-refractivity contribution in [3.8, 4) is 0 Å². The fraction of sp³-hybridized carbons (Fsp3) is 0.462. The lowest BCUT2D eigenvalue weighted by Crippen LogP contribution is -2.27. The van der Waals surface area contributed by atoms with E-state index in [1.807, 2.05) is 0 Å². The summed E-state index contributed by atoms with van der Waals surface area (Å²) in [7, 11) is 0. The van der Waals surface area contributed by atoms with Gasteiger partial charge in [-0.2, -0.15) is 0 Å². The molecule has 18 heavy (non-hydrogen) atoms. The first-order chi connectivity index (χ1) is 8.45. The van der Waals surface area contributed by atoms with E-state index < -0.39 is 5.97 Å². The molecule has 100 valence electrons. The highest BCUT2D eigenvalue weighted by Crippen LogP contribution is 2.26. The number of anilines is 1. The molecule has 0 aliphatic carbocycles. The molecular formula is C13H18BrNO3. The van der Waals surface area contributed by atoms with Crippen LogP contribution in [0.1, 0.15) is 30.6 Å². The first-order valence-electron chi connectivity index (χ1n) is 5.86. The van der Waals surface area contributed by atoms with Crippen molar-refractivity contribution >= 4 is 27.6 Å². The second kappa shape index (κ2) is 6.75. The van der Waals surface area contributed by atoms with Crippen LogP contribution in [0.15, 0.2) is 22.7 Å². The largest absolute Gasteiger partial charge is 0.478 e. The van der Waals surface area contributed by atoms with Gasteiger partial charge in [0.25, 0.3) is 0 Å². The molecule has 1 rings (SSSR count). The summed E-state index contributed by atoms with van der Waals surface area (Å²) in [5.41, 5.74) is 1.09. The number of nitrogens with one attached hydrogen (secondary N) is 1. The van der Waals surface area contributed by atoms with Gasteiger partial charge < -0.3 is 15.5 Å². The lowest BCUT2D eigenvalue weighted by molar-refractivity contribution is 0.0697. The molecule has 0 saturated carbocycles. The molecular weight excluding hydrogens is 298 g/mol. The smallest absolute Gasteiger partial charge is 0.335 e. The van der Waals surface area contributed by atoms with Crippen LogP contribution in [0.2, 0.25) is 0 Å². The fourth-order valence-electron chi connectivity index (χ4n) is 1.68. The lowest BCUT2D eigenvalue weighted by atomic mass is 10.0. The summed E-state index contributed by atoms with van der Waals surface area (Å²) >= 11 is 3.36. The molecule has 0 aromatic heterocycles. The maximum Gasteiger partial charge on any atom is 0.335 e. The first kappa shape index (κ1) is 15.0. The van der Waals surface area contributed by atoms with Crippen LogP contribution in [0, 0.1) is 5.92 Å². The van der Waals surface area contributed by atoms with Crippen molar-refractivity contribution in [2.45, 2.75) is 26.3 Å². The van der Waals surface area contributed by atoms with Gasteiger partial charge in [-0.25, -0.2) is 4.79 Å². The van der Waals surface area contributed by atoms with Crippen molar-refractivity contribution in [3.05, 3.63) is 28.2 Å². The number of halogens is 1. The van der Waals surface area contributed by atoms with Crippen LogP contribution >= 0.6 is 15.9 Å². The Morgan fingerprint density at radius 3 is 2.56 bits per heavy atom. The van der Waals surface area contributed by atoms with Gasteiger partial charge in [0.05, 0.1) is 5.56 Å². The Balaban J connectivity index is 2.86. The Kier molecular flexibility index (Phi) is 5.62. The molecule has 1 aromatic carbocycles. The van der Waals surface area contributed by atoms with Crippen molar-refractivity contribution in [1.29, 1.82) is 0 Å². The van der Waals surface area contributed by atoms with Crippen molar-refractivity contribution in [3.63, 3.8) is 0 Å². The van der Waals surface area contributed by atoms with Gasteiger partial charge in [-0.3, -0.25) is 0 Å². The van der Waals surface area contributed by atoms with E-state index in [1.54, 1.807) is 18.2 Å². The third-order valence-corrected chi connectivity index (χ3v) is 3.46. The van der Waals surface area contributed by atoms with Gasteiger partial charge in [-0.15, -0.1) is 0 Å². The van der Waals surface area contributed by atoms with E-state index in [1.165, 1.54) is 0 Å². The molecule has 0 aliphatic heterocycles. The Hall–Kier alpha value is -1.07. The average molecular weight is 316 g/mol. The van der Waals surface area contributed by atoms with Gasteiger partial charge >= 0.3 is 5.97 Å². The van der Waals surface area contributed by atoms with Gasteiger partial charge in [0, 0.05) is 22.8 Å². The van der Waals surface area contributed by atoms with E-state index in [0.717, 1.165) is 5.69 Å². The van der Waals surface area contributed by atoms with Crippen LogP contribution in [0.3, 0.4) is 0 Å². The monoisotopic (exact) mass is 315 g/mol. The predicted octanol–water partition coefficient (Wildman–Crippen LogP) is 2.97. The molecule has 0 fully saturated rings. The molecule has 0 bridgehead atoms. The Morgan fingerprint density at radius 1 is 1.44 bits per heavy atom. The number of aromatic carboxylic acids is 1. The second-order valence-electron chi connectivity index (χ2n) is 4.51. The molecule has 3 N–H and O–H groups in total. The fourth-order valence-corrected chi connectivity index (χ4v) is 2.17. The number of carboxylic acids is 1. The molecule has 0 amide bonds. The predicted molar refractivity (Wildman–Crippen MR) is 75.1 cm³/mol. The number of rotatable bonds is 6. The minimum absolute atomic E-state index is 0.126. The summed E-state index contributed by atoms with van der Waals surface area (Å²) in [6.45, 7) is 4.28. The Labute approximate surface area is 115 Å². The van der Waals surface area contributed by atoms with E-state index >= 15 is 0 Å².